The van der Waals surface area contributed by atoms with Gasteiger partial charge in [0.1, 0.15) is 0 Å². The average molecular weight is 429 g/mol. The summed E-state index contributed by atoms with van der Waals surface area (Å²) in [6.45, 7) is 4.05. The van der Waals surface area contributed by atoms with Gasteiger partial charge in [0, 0.05) is 17.0 Å². The van der Waals surface area contributed by atoms with Gasteiger partial charge in [-0.25, -0.2) is 0 Å². The van der Waals surface area contributed by atoms with Crippen LogP contribution >= 0.6 is 11.8 Å². The Kier molecular flexibility index (Phi) is 6.48. The van der Waals surface area contributed by atoms with Crippen molar-refractivity contribution in [3.05, 3.63) is 107 Å². The summed E-state index contributed by atoms with van der Waals surface area (Å²) in [7, 11) is 0. The van der Waals surface area contributed by atoms with E-state index < -0.39 is 0 Å². The first-order valence-electron chi connectivity index (χ1n) is 10.2. The molecule has 4 aromatic rings. The Morgan fingerprint density at radius 3 is 2.29 bits per heavy atom. The summed E-state index contributed by atoms with van der Waals surface area (Å²) in [6.07, 6.45) is 0. The molecule has 0 aliphatic rings. The molecule has 0 spiro atoms. The minimum absolute atomic E-state index is 0.134. The first kappa shape index (κ1) is 20.9. The monoisotopic (exact) mass is 428 g/mol. The van der Waals surface area contributed by atoms with E-state index in [-0.39, 0.29) is 11.9 Å². The third kappa shape index (κ3) is 4.86. The van der Waals surface area contributed by atoms with Crippen molar-refractivity contribution in [3.63, 3.8) is 0 Å². The summed E-state index contributed by atoms with van der Waals surface area (Å²) in [4.78, 5) is 12.7. The van der Waals surface area contributed by atoms with Crippen LogP contribution in [0.15, 0.2) is 90.1 Å². The fourth-order valence-electron chi connectivity index (χ4n) is 3.32. The molecule has 1 amide bonds. The molecule has 0 bridgehead atoms. The zero-order valence-corrected chi connectivity index (χ0v) is 18.3. The molecule has 6 heteroatoms. The number of hydrogen-bond acceptors (Lipinski definition) is 4. The number of amides is 1. The number of aryl methyl sites for hydroxylation is 1. The molecule has 0 fully saturated rings. The largest absolute Gasteiger partial charge is 0.342 e. The number of hydrogen-bond donors (Lipinski definition) is 1. The summed E-state index contributed by atoms with van der Waals surface area (Å²) >= 11 is 1.64. The number of nitrogens with zero attached hydrogens (tertiary/aromatic N) is 3. The second kappa shape index (κ2) is 9.62. The van der Waals surface area contributed by atoms with Crippen molar-refractivity contribution in [3.8, 4) is 5.69 Å². The zero-order chi connectivity index (χ0) is 21.6. The maximum atomic E-state index is 12.7. The van der Waals surface area contributed by atoms with Gasteiger partial charge < -0.3 is 5.32 Å². The Labute approximate surface area is 186 Å². The van der Waals surface area contributed by atoms with Gasteiger partial charge in [0.05, 0.1) is 6.04 Å². The van der Waals surface area contributed by atoms with Crippen molar-refractivity contribution in [2.24, 2.45) is 0 Å². The van der Waals surface area contributed by atoms with E-state index in [0.29, 0.717) is 11.4 Å². The van der Waals surface area contributed by atoms with Gasteiger partial charge in [0.25, 0.3) is 5.91 Å². The highest BCUT2D eigenvalue weighted by molar-refractivity contribution is 7.98. The molecule has 0 aliphatic heterocycles. The highest BCUT2D eigenvalue weighted by atomic mass is 32.2. The maximum absolute atomic E-state index is 12.7. The number of carbonyl (C=O) groups excluding carboxylic acids is 1. The van der Waals surface area contributed by atoms with Gasteiger partial charge >= 0.3 is 0 Å². The predicted octanol–water partition coefficient (Wildman–Crippen LogP) is 5.36. The molecule has 0 saturated carbocycles. The van der Waals surface area contributed by atoms with Crippen LogP contribution in [0.25, 0.3) is 5.69 Å². The Morgan fingerprint density at radius 1 is 0.935 bits per heavy atom. The van der Waals surface area contributed by atoms with Crippen LogP contribution in [0.1, 0.15) is 40.3 Å². The lowest BCUT2D eigenvalue weighted by molar-refractivity contribution is 0.0938. The summed E-state index contributed by atoms with van der Waals surface area (Å²) in [5, 5.41) is 12.8. The van der Waals surface area contributed by atoms with Crippen molar-refractivity contribution < 1.29 is 4.79 Å². The smallest absolute Gasteiger partial charge is 0.251 e. The minimum Gasteiger partial charge on any atom is -0.342 e. The van der Waals surface area contributed by atoms with E-state index in [4.69, 9.17) is 0 Å². The SMILES string of the molecule is Cc1ccccc1CSc1nnc(C(C)NC(=O)c2ccccc2)n1-c1ccccc1. The Balaban J connectivity index is 1.61. The molecule has 0 saturated heterocycles. The molecule has 31 heavy (non-hydrogen) atoms. The predicted molar refractivity (Wildman–Crippen MR) is 124 cm³/mol. The number of rotatable bonds is 7. The number of para-hydroxylation sites is 1. The van der Waals surface area contributed by atoms with Crippen LogP contribution in [0.3, 0.4) is 0 Å². The normalized spacial score (nSPS) is 11.8. The van der Waals surface area contributed by atoms with Gasteiger partial charge in [0.15, 0.2) is 11.0 Å². The van der Waals surface area contributed by atoms with E-state index in [0.717, 1.165) is 16.6 Å². The van der Waals surface area contributed by atoms with E-state index in [2.05, 4.69) is 40.6 Å². The van der Waals surface area contributed by atoms with Crippen LogP contribution in [0.4, 0.5) is 0 Å². The van der Waals surface area contributed by atoms with E-state index >= 15 is 0 Å². The van der Waals surface area contributed by atoms with Gasteiger partial charge in [0.2, 0.25) is 0 Å². The van der Waals surface area contributed by atoms with E-state index in [9.17, 15) is 4.79 Å². The van der Waals surface area contributed by atoms with Crippen LogP contribution in [-0.2, 0) is 5.75 Å². The van der Waals surface area contributed by atoms with Crippen molar-refractivity contribution in [2.45, 2.75) is 30.8 Å². The molecule has 156 valence electrons. The number of carbonyl (C=O) groups is 1. The number of aromatic nitrogens is 3. The van der Waals surface area contributed by atoms with Crippen molar-refractivity contribution in [2.75, 3.05) is 0 Å². The van der Waals surface area contributed by atoms with Crippen LogP contribution < -0.4 is 5.32 Å². The van der Waals surface area contributed by atoms with Gasteiger partial charge in [-0.3, -0.25) is 9.36 Å². The van der Waals surface area contributed by atoms with Crippen LogP contribution in [0.5, 0.6) is 0 Å². The Hall–Kier alpha value is -3.38. The molecule has 0 aliphatic carbocycles. The van der Waals surface area contributed by atoms with Crippen molar-refractivity contribution >= 4 is 17.7 Å². The molecular weight excluding hydrogens is 404 g/mol. The van der Waals surface area contributed by atoms with E-state index in [1.165, 1.54) is 11.1 Å². The summed E-state index contributed by atoms with van der Waals surface area (Å²) in [5.74, 6) is 1.36. The van der Waals surface area contributed by atoms with Gasteiger partial charge in [-0.1, -0.05) is 72.4 Å². The van der Waals surface area contributed by atoms with Crippen molar-refractivity contribution in [1.29, 1.82) is 0 Å². The standard InChI is InChI=1S/C25H24N4OS/c1-18-11-9-10-14-21(18)17-31-25-28-27-23(29(25)22-15-7-4-8-16-22)19(2)26-24(30)20-12-5-3-6-13-20/h3-16,19H,17H2,1-2H3,(H,26,30). The third-order valence-corrected chi connectivity index (χ3v) is 6.04. The molecule has 4 rings (SSSR count). The lowest BCUT2D eigenvalue weighted by Crippen LogP contribution is -2.28. The van der Waals surface area contributed by atoms with Gasteiger partial charge in [-0.15, -0.1) is 10.2 Å². The Morgan fingerprint density at radius 2 is 1.58 bits per heavy atom. The average Bonchev–Trinajstić information content (AvgIpc) is 3.24. The number of benzene rings is 3. The molecule has 1 heterocycles. The molecule has 1 unspecified atom stereocenters. The summed E-state index contributed by atoms with van der Waals surface area (Å²) < 4.78 is 2.03. The molecule has 3 aromatic carbocycles. The molecule has 1 aromatic heterocycles. The summed E-state index contributed by atoms with van der Waals surface area (Å²) in [5.41, 5.74) is 4.11. The lowest BCUT2D eigenvalue weighted by Gasteiger charge is -2.16. The van der Waals surface area contributed by atoms with Crippen LogP contribution in [-0.4, -0.2) is 20.7 Å². The van der Waals surface area contributed by atoms with Gasteiger partial charge in [-0.05, 0) is 49.2 Å². The van der Waals surface area contributed by atoms with Crippen LogP contribution in [0, 0.1) is 6.92 Å². The zero-order valence-electron chi connectivity index (χ0n) is 17.5. The van der Waals surface area contributed by atoms with Crippen molar-refractivity contribution in [1.82, 2.24) is 20.1 Å². The quantitative estimate of drug-likeness (QED) is 0.403. The third-order valence-electron chi connectivity index (χ3n) is 5.06. The van der Waals surface area contributed by atoms with Gasteiger partial charge in [-0.2, -0.15) is 0 Å². The second-order valence-corrected chi connectivity index (χ2v) is 8.23. The minimum atomic E-state index is -0.312. The van der Waals surface area contributed by atoms with E-state index in [1.54, 1.807) is 23.9 Å². The molecule has 1 N–H and O–H groups in total. The second-order valence-electron chi connectivity index (χ2n) is 7.29. The molecule has 1 atom stereocenters. The lowest BCUT2D eigenvalue weighted by atomic mass is 10.1. The highest BCUT2D eigenvalue weighted by Crippen LogP contribution is 2.28. The Bertz CT molecular complexity index is 1160. The number of thioether (sulfide) groups is 1. The highest BCUT2D eigenvalue weighted by Gasteiger charge is 2.21. The van der Waals surface area contributed by atoms with E-state index in [1.807, 2.05) is 66.1 Å². The molecule has 5 nitrogen and oxygen atoms in total. The fraction of sp³-hybridized carbons (Fsp3) is 0.160. The number of nitrogens with one attached hydrogen (secondary N) is 1. The van der Waals surface area contributed by atoms with Crippen LogP contribution in [0.2, 0.25) is 0 Å². The maximum Gasteiger partial charge on any atom is 0.251 e. The first-order valence-corrected chi connectivity index (χ1v) is 11.2. The fourth-order valence-corrected chi connectivity index (χ4v) is 4.36. The molecular formula is C25H24N4OS. The first-order chi connectivity index (χ1) is 15.1. The topological polar surface area (TPSA) is 59.8 Å². The molecule has 0 radical (unpaired) electrons. The summed E-state index contributed by atoms with van der Waals surface area (Å²) in [6, 6.07) is 27.2.